The first-order valence-corrected chi connectivity index (χ1v) is 22.3. The number of aromatic nitrogens is 1. The van der Waals surface area contributed by atoms with Crippen molar-refractivity contribution in [2.24, 2.45) is 11.8 Å². The van der Waals surface area contributed by atoms with Crippen molar-refractivity contribution in [1.82, 2.24) is 4.57 Å². The van der Waals surface area contributed by atoms with Crippen LogP contribution in [0.1, 0.15) is 13.3 Å². The molecule has 0 saturated heterocycles. The number of hydrogen-bond acceptors (Lipinski definition) is 1. The van der Waals surface area contributed by atoms with Crippen molar-refractivity contribution in [3.63, 3.8) is 0 Å². The molecule has 63 heavy (non-hydrogen) atoms. The van der Waals surface area contributed by atoms with Gasteiger partial charge in [0, 0.05) is 33.8 Å². The first-order chi connectivity index (χ1) is 31.1. The number of rotatable bonds is 7. The van der Waals surface area contributed by atoms with Crippen LogP contribution in [0.5, 0.6) is 0 Å². The van der Waals surface area contributed by atoms with Gasteiger partial charge in [-0.25, -0.2) is 0 Å². The van der Waals surface area contributed by atoms with Gasteiger partial charge in [0.1, 0.15) is 0 Å². The molecule has 1 aromatic heterocycles. The fraction of sp³-hybridized carbons (Fsp3) is 0.0820. The Bertz CT molecular complexity index is 3250. The number of nitrogens with zero attached hydrogens (tertiary/aromatic N) is 2. The summed E-state index contributed by atoms with van der Waals surface area (Å²) in [6, 6.07) is 71.9. The van der Waals surface area contributed by atoms with Gasteiger partial charge in [0.05, 0.1) is 17.1 Å². The predicted molar refractivity (Wildman–Crippen MR) is 266 cm³/mol. The normalized spacial score (nSPS) is 17.7. The average Bonchev–Trinajstić information content (AvgIpc) is 3.88. The molecule has 3 unspecified atom stereocenters. The van der Waals surface area contributed by atoms with E-state index >= 15 is 0 Å². The fourth-order valence-corrected chi connectivity index (χ4v) is 10.5. The Kier molecular flexibility index (Phi) is 9.04. The maximum Gasteiger partial charge on any atom is 0.0626 e. The number of allylic oxidation sites excluding steroid dienone is 4. The molecule has 2 nitrogen and oxygen atoms in total. The van der Waals surface area contributed by atoms with Gasteiger partial charge in [-0.2, -0.15) is 0 Å². The third-order valence-corrected chi connectivity index (χ3v) is 13.5. The van der Waals surface area contributed by atoms with E-state index in [1.807, 2.05) is 0 Å². The molecule has 0 spiro atoms. The summed E-state index contributed by atoms with van der Waals surface area (Å²) < 4.78 is 2.39. The van der Waals surface area contributed by atoms with E-state index in [2.05, 4.69) is 247 Å². The van der Waals surface area contributed by atoms with E-state index in [-0.39, 0.29) is 0 Å². The van der Waals surface area contributed by atoms with Crippen LogP contribution in [0.2, 0.25) is 0 Å². The third-order valence-electron chi connectivity index (χ3n) is 13.5. The molecule has 3 aliphatic rings. The van der Waals surface area contributed by atoms with Crippen molar-refractivity contribution in [2.75, 3.05) is 4.90 Å². The van der Waals surface area contributed by atoms with Gasteiger partial charge in [-0.05, 0) is 152 Å². The van der Waals surface area contributed by atoms with Gasteiger partial charge in [0.15, 0.2) is 0 Å². The standard InChI is InChI=1S/C61H46N2/c1-41-15-14-26-60-61(41)56-22-10-13-25-59(56)63(60)53-33-29-45(30-34-53)49-36-47(43-18-6-3-7-19-43)38-51(40-49)50-37-46(42-16-4-2-5-17-42)35-48(39-50)44-27-31-52(32-28-44)62-57-23-11-8-20-54(57)55-21-9-12-24-58(55)62/h2-14,16-41,56,59H,15H2,1H3. The van der Waals surface area contributed by atoms with Crippen molar-refractivity contribution in [3.8, 4) is 61.3 Å². The van der Waals surface area contributed by atoms with Crippen LogP contribution in [-0.4, -0.2) is 10.6 Å². The molecule has 3 atom stereocenters. The summed E-state index contributed by atoms with van der Waals surface area (Å²) in [5, 5.41) is 2.54. The molecular weight excluding hydrogens is 761 g/mol. The average molecular weight is 807 g/mol. The molecule has 0 bridgehead atoms. The number of benzene rings is 8. The Morgan fingerprint density at radius 2 is 0.841 bits per heavy atom. The highest BCUT2D eigenvalue weighted by atomic mass is 15.2. The molecule has 2 heteroatoms. The van der Waals surface area contributed by atoms with E-state index < -0.39 is 0 Å². The zero-order chi connectivity index (χ0) is 41.9. The molecule has 9 aromatic rings. The number of anilines is 1. The first kappa shape index (κ1) is 37.1. The Morgan fingerprint density at radius 1 is 0.413 bits per heavy atom. The SMILES string of the molecule is CC1CC=CC2=C1C1C=CC=CC1N2c1ccc(-c2cc(-c3ccccc3)cc(-c3cc(-c4ccccc4)cc(-c4ccc(-n5c6ccccc6c6ccccc65)cc4)c3)c2)cc1. The zero-order valence-corrected chi connectivity index (χ0v) is 35.3. The molecule has 2 heterocycles. The van der Waals surface area contributed by atoms with E-state index in [0.717, 1.165) is 12.1 Å². The largest absolute Gasteiger partial charge is 0.334 e. The van der Waals surface area contributed by atoms with Gasteiger partial charge < -0.3 is 9.47 Å². The monoisotopic (exact) mass is 806 g/mol. The molecule has 0 radical (unpaired) electrons. The Balaban J connectivity index is 0.961. The summed E-state index contributed by atoms with van der Waals surface area (Å²) in [6.07, 6.45) is 15.0. The van der Waals surface area contributed by atoms with Gasteiger partial charge in [-0.1, -0.05) is 159 Å². The van der Waals surface area contributed by atoms with Gasteiger partial charge in [0.2, 0.25) is 0 Å². The summed E-state index contributed by atoms with van der Waals surface area (Å²) in [5.74, 6) is 0.966. The van der Waals surface area contributed by atoms with Crippen LogP contribution in [0.15, 0.2) is 242 Å². The van der Waals surface area contributed by atoms with E-state index in [1.165, 1.54) is 88.8 Å². The lowest BCUT2D eigenvalue weighted by Crippen LogP contribution is -2.32. The van der Waals surface area contributed by atoms with Gasteiger partial charge in [0.25, 0.3) is 0 Å². The molecule has 12 rings (SSSR count). The molecule has 300 valence electrons. The number of fused-ring (bicyclic) bond motifs is 5. The van der Waals surface area contributed by atoms with Crippen LogP contribution in [0.4, 0.5) is 5.69 Å². The lowest BCUT2D eigenvalue weighted by Gasteiger charge is -2.30. The second-order valence-electron chi connectivity index (χ2n) is 17.3. The highest BCUT2D eigenvalue weighted by Crippen LogP contribution is 2.47. The summed E-state index contributed by atoms with van der Waals surface area (Å²) in [4.78, 5) is 2.56. The maximum absolute atomic E-state index is 2.56. The molecular formula is C61H46N2. The summed E-state index contributed by atoms with van der Waals surface area (Å²) >= 11 is 0. The topological polar surface area (TPSA) is 8.17 Å². The molecule has 0 N–H and O–H groups in total. The summed E-state index contributed by atoms with van der Waals surface area (Å²) in [5.41, 5.74) is 19.7. The van der Waals surface area contributed by atoms with E-state index in [4.69, 9.17) is 0 Å². The highest BCUT2D eigenvalue weighted by Gasteiger charge is 2.41. The highest BCUT2D eigenvalue weighted by molar-refractivity contribution is 6.09. The molecule has 1 aliphatic heterocycles. The number of para-hydroxylation sites is 2. The van der Waals surface area contributed by atoms with Crippen molar-refractivity contribution in [2.45, 2.75) is 19.4 Å². The Labute approximate surface area is 369 Å². The first-order valence-electron chi connectivity index (χ1n) is 22.3. The second kappa shape index (κ2) is 15.3. The minimum Gasteiger partial charge on any atom is -0.334 e. The van der Waals surface area contributed by atoms with Crippen molar-refractivity contribution in [3.05, 3.63) is 242 Å². The zero-order valence-electron chi connectivity index (χ0n) is 35.3. The van der Waals surface area contributed by atoms with E-state index in [9.17, 15) is 0 Å². The van der Waals surface area contributed by atoms with Gasteiger partial charge in [-0.15, -0.1) is 0 Å². The minimum absolute atomic E-state index is 0.306. The molecule has 8 aromatic carbocycles. The van der Waals surface area contributed by atoms with E-state index in [0.29, 0.717) is 17.9 Å². The molecule has 0 amide bonds. The van der Waals surface area contributed by atoms with E-state index in [1.54, 1.807) is 5.57 Å². The van der Waals surface area contributed by atoms with Crippen LogP contribution < -0.4 is 4.90 Å². The number of hydrogen-bond donors (Lipinski definition) is 0. The lowest BCUT2D eigenvalue weighted by molar-refractivity contribution is 0.581. The van der Waals surface area contributed by atoms with Crippen LogP contribution in [0.3, 0.4) is 0 Å². The van der Waals surface area contributed by atoms with Crippen LogP contribution in [0.25, 0.3) is 83.1 Å². The van der Waals surface area contributed by atoms with Crippen molar-refractivity contribution in [1.29, 1.82) is 0 Å². The lowest BCUT2D eigenvalue weighted by atomic mass is 9.81. The van der Waals surface area contributed by atoms with Crippen LogP contribution >= 0.6 is 0 Å². The second-order valence-corrected chi connectivity index (χ2v) is 17.3. The third kappa shape index (κ3) is 6.49. The predicted octanol–water partition coefficient (Wildman–Crippen LogP) is 15.9. The van der Waals surface area contributed by atoms with Gasteiger partial charge in [-0.3, -0.25) is 0 Å². The molecule has 0 fully saturated rings. The van der Waals surface area contributed by atoms with Crippen LogP contribution in [-0.2, 0) is 0 Å². The summed E-state index contributed by atoms with van der Waals surface area (Å²) in [7, 11) is 0. The molecule has 2 aliphatic carbocycles. The summed E-state index contributed by atoms with van der Waals surface area (Å²) in [6.45, 7) is 2.38. The minimum atomic E-state index is 0.306. The Hall–Kier alpha value is -7.68. The van der Waals surface area contributed by atoms with Crippen molar-refractivity contribution >= 4 is 27.5 Å². The fourth-order valence-electron chi connectivity index (χ4n) is 10.5. The van der Waals surface area contributed by atoms with Crippen LogP contribution in [0, 0.1) is 11.8 Å². The Morgan fingerprint density at radius 3 is 1.37 bits per heavy atom. The molecule has 0 saturated carbocycles. The quantitative estimate of drug-likeness (QED) is 0.156. The van der Waals surface area contributed by atoms with Gasteiger partial charge >= 0.3 is 0 Å². The van der Waals surface area contributed by atoms with Crippen molar-refractivity contribution < 1.29 is 0 Å². The smallest absolute Gasteiger partial charge is 0.0626 e. The maximum atomic E-state index is 2.56.